The van der Waals surface area contributed by atoms with Crippen LogP contribution in [0.2, 0.25) is 0 Å². The van der Waals surface area contributed by atoms with Crippen molar-refractivity contribution in [1.82, 2.24) is 19.9 Å². The van der Waals surface area contributed by atoms with Gasteiger partial charge in [-0.15, -0.1) is 0 Å². The molecule has 3 aromatic rings. The van der Waals surface area contributed by atoms with Crippen molar-refractivity contribution in [2.75, 3.05) is 13.7 Å². The maximum absolute atomic E-state index is 12.8. The van der Waals surface area contributed by atoms with Crippen molar-refractivity contribution < 1.29 is 9.53 Å². The topological polar surface area (TPSA) is 88.2 Å². The number of carbonyl (C=O) groups excluding carboxylic acids is 1. The fourth-order valence-corrected chi connectivity index (χ4v) is 2.60. The molecule has 7 heteroatoms. The molecule has 0 aliphatic rings. The van der Waals surface area contributed by atoms with Gasteiger partial charge in [0.15, 0.2) is 0 Å². The standard InChI is InChI=1S/C18H18N4O3/c1-3-22(18(24)13-8-6-10-19-17(13)25-2)11-15-20-14-9-5-4-7-12(14)16(23)21-15/h4-10H,3,11H2,1-2H3,(H,20,21,23). The summed E-state index contributed by atoms with van der Waals surface area (Å²) >= 11 is 0. The largest absolute Gasteiger partial charge is 0.480 e. The number of rotatable bonds is 5. The SMILES string of the molecule is CCN(Cc1nc2ccccc2c(=O)[nH]1)C(=O)c1cccnc1OC. The van der Waals surface area contributed by atoms with Crippen molar-refractivity contribution >= 4 is 16.8 Å². The van der Waals surface area contributed by atoms with Gasteiger partial charge >= 0.3 is 0 Å². The number of pyridine rings is 1. The number of benzene rings is 1. The minimum atomic E-state index is -0.233. The predicted octanol–water partition coefficient (Wildman–Crippen LogP) is 1.99. The molecule has 0 radical (unpaired) electrons. The van der Waals surface area contributed by atoms with E-state index >= 15 is 0 Å². The molecule has 0 saturated heterocycles. The average Bonchev–Trinajstić information content (AvgIpc) is 2.65. The third kappa shape index (κ3) is 3.35. The summed E-state index contributed by atoms with van der Waals surface area (Å²) < 4.78 is 5.16. The van der Waals surface area contributed by atoms with Gasteiger partial charge in [0, 0.05) is 12.7 Å². The quantitative estimate of drug-likeness (QED) is 0.768. The molecule has 2 aromatic heterocycles. The van der Waals surface area contributed by atoms with Gasteiger partial charge in [-0.2, -0.15) is 0 Å². The van der Waals surface area contributed by atoms with Gasteiger partial charge in [0.2, 0.25) is 5.88 Å². The molecule has 0 bridgehead atoms. The number of nitrogens with one attached hydrogen (secondary N) is 1. The molecule has 0 aliphatic heterocycles. The van der Waals surface area contributed by atoms with Crippen molar-refractivity contribution in [2.24, 2.45) is 0 Å². The van der Waals surface area contributed by atoms with Gasteiger partial charge in [-0.3, -0.25) is 9.59 Å². The maximum Gasteiger partial charge on any atom is 0.259 e. The van der Waals surface area contributed by atoms with Crippen LogP contribution < -0.4 is 10.3 Å². The van der Waals surface area contributed by atoms with Gasteiger partial charge in [0.25, 0.3) is 11.5 Å². The summed E-state index contributed by atoms with van der Waals surface area (Å²) in [5.74, 6) is 0.468. The van der Waals surface area contributed by atoms with E-state index < -0.39 is 0 Å². The number of hydrogen-bond acceptors (Lipinski definition) is 5. The number of fused-ring (bicyclic) bond motifs is 1. The van der Waals surface area contributed by atoms with Crippen molar-refractivity contribution in [3.05, 3.63) is 64.3 Å². The second-order valence-electron chi connectivity index (χ2n) is 5.41. The highest BCUT2D eigenvalue weighted by molar-refractivity contribution is 5.96. The summed E-state index contributed by atoms with van der Waals surface area (Å²) in [6.45, 7) is 2.50. The van der Waals surface area contributed by atoms with E-state index in [-0.39, 0.29) is 23.9 Å². The number of aromatic nitrogens is 3. The Labute approximate surface area is 144 Å². The van der Waals surface area contributed by atoms with E-state index in [0.717, 1.165) is 0 Å². The predicted molar refractivity (Wildman–Crippen MR) is 93.6 cm³/mol. The van der Waals surface area contributed by atoms with Gasteiger partial charge in [0.05, 0.1) is 24.6 Å². The molecule has 0 aliphatic carbocycles. The third-order valence-electron chi connectivity index (χ3n) is 3.87. The Balaban J connectivity index is 1.92. The van der Waals surface area contributed by atoms with Crippen molar-refractivity contribution in [1.29, 1.82) is 0 Å². The van der Waals surface area contributed by atoms with Gasteiger partial charge in [-0.1, -0.05) is 12.1 Å². The molecule has 7 nitrogen and oxygen atoms in total. The molecule has 3 rings (SSSR count). The lowest BCUT2D eigenvalue weighted by atomic mass is 10.2. The molecule has 128 valence electrons. The first kappa shape index (κ1) is 16.6. The van der Waals surface area contributed by atoms with E-state index in [4.69, 9.17) is 4.74 Å². The average molecular weight is 338 g/mol. The first-order valence-corrected chi connectivity index (χ1v) is 7.90. The molecule has 0 atom stereocenters. The van der Waals surface area contributed by atoms with E-state index in [2.05, 4.69) is 15.0 Å². The molecule has 2 heterocycles. The summed E-state index contributed by atoms with van der Waals surface area (Å²) in [6.07, 6.45) is 1.56. The molecule has 0 fully saturated rings. The summed E-state index contributed by atoms with van der Waals surface area (Å²) in [6, 6.07) is 10.4. The first-order valence-electron chi connectivity index (χ1n) is 7.90. The molecule has 25 heavy (non-hydrogen) atoms. The molecule has 1 amide bonds. The highest BCUT2D eigenvalue weighted by Gasteiger charge is 2.20. The molecule has 1 aromatic carbocycles. The minimum absolute atomic E-state index is 0.188. The van der Waals surface area contributed by atoms with E-state index in [1.54, 1.807) is 41.4 Å². The zero-order chi connectivity index (χ0) is 17.8. The number of H-pyrrole nitrogens is 1. The number of methoxy groups -OCH3 is 1. The lowest BCUT2D eigenvalue weighted by Gasteiger charge is -2.21. The third-order valence-corrected chi connectivity index (χ3v) is 3.87. The summed E-state index contributed by atoms with van der Waals surface area (Å²) in [5.41, 5.74) is 0.752. The second kappa shape index (κ2) is 7.12. The first-order chi connectivity index (χ1) is 12.1. The van der Waals surface area contributed by atoms with E-state index in [1.807, 2.05) is 13.0 Å². The van der Waals surface area contributed by atoms with Gasteiger partial charge in [-0.05, 0) is 31.2 Å². The van der Waals surface area contributed by atoms with Crippen molar-refractivity contribution in [3.63, 3.8) is 0 Å². The van der Waals surface area contributed by atoms with Gasteiger partial charge < -0.3 is 14.6 Å². The van der Waals surface area contributed by atoms with Crippen LogP contribution in [0.15, 0.2) is 47.4 Å². The van der Waals surface area contributed by atoms with Crippen LogP contribution in [0.5, 0.6) is 5.88 Å². The zero-order valence-electron chi connectivity index (χ0n) is 14.0. The normalized spacial score (nSPS) is 10.6. The van der Waals surface area contributed by atoms with Crippen LogP contribution in [0.3, 0.4) is 0 Å². The van der Waals surface area contributed by atoms with E-state index in [0.29, 0.717) is 28.8 Å². The Bertz CT molecular complexity index is 968. The van der Waals surface area contributed by atoms with Gasteiger partial charge in [0.1, 0.15) is 11.4 Å². The summed E-state index contributed by atoms with van der Waals surface area (Å²) in [5, 5.41) is 0.523. The Morgan fingerprint density at radius 3 is 2.80 bits per heavy atom. The van der Waals surface area contributed by atoms with E-state index in [9.17, 15) is 9.59 Å². The summed E-state index contributed by atoms with van der Waals surface area (Å²) in [4.78, 5) is 37.8. The lowest BCUT2D eigenvalue weighted by molar-refractivity contribution is 0.0744. The molecular formula is C18H18N4O3. The number of ether oxygens (including phenoxy) is 1. The van der Waals surface area contributed by atoms with Crippen LogP contribution >= 0.6 is 0 Å². The van der Waals surface area contributed by atoms with Crippen molar-refractivity contribution in [2.45, 2.75) is 13.5 Å². The van der Waals surface area contributed by atoms with Crippen LogP contribution in [0.4, 0.5) is 0 Å². The highest BCUT2D eigenvalue weighted by atomic mass is 16.5. The Morgan fingerprint density at radius 2 is 2.04 bits per heavy atom. The molecule has 1 N–H and O–H groups in total. The number of para-hydroxylation sites is 1. The van der Waals surface area contributed by atoms with Crippen LogP contribution in [-0.4, -0.2) is 39.4 Å². The Morgan fingerprint density at radius 1 is 1.24 bits per heavy atom. The van der Waals surface area contributed by atoms with Gasteiger partial charge in [-0.25, -0.2) is 9.97 Å². The molecular weight excluding hydrogens is 320 g/mol. The fourth-order valence-electron chi connectivity index (χ4n) is 2.60. The highest BCUT2D eigenvalue weighted by Crippen LogP contribution is 2.17. The molecule has 0 saturated carbocycles. The Kier molecular flexibility index (Phi) is 4.74. The molecule has 0 unspecified atom stereocenters. The van der Waals surface area contributed by atoms with Crippen LogP contribution in [0.1, 0.15) is 23.1 Å². The number of amides is 1. The second-order valence-corrected chi connectivity index (χ2v) is 5.41. The zero-order valence-corrected chi connectivity index (χ0v) is 14.0. The van der Waals surface area contributed by atoms with Crippen LogP contribution in [-0.2, 0) is 6.54 Å². The van der Waals surface area contributed by atoms with Crippen LogP contribution in [0, 0.1) is 0 Å². The lowest BCUT2D eigenvalue weighted by Crippen LogP contribution is -2.32. The number of hydrogen-bond donors (Lipinski definition) is 1. The monoisotopic (exact) mass is 338 g/mol. The molecule has 0 spiro atoms. The number of carbonyl (C=O) groups is 1. The smallest absolute Gasteiger partial charge is 0.259 e. The summed E-state index contributed by atoms with van der Waals surface area (Å²) in [7, 11) is 1.47. The Hall–Kier alpha value is -3.22. The van der Waals surface area contributed by atoms with Crippen molar-refractivity contribution in [3.8, 4) is 5.88 Å². The number of nitrogens with zero attached hydrogens (tertiary/aromatic N) is 3. The maximum atomic E-state index is 12.8. The number of aromatic amines is 1. The van der Waals surface area contributed by atoms with E-state index in [1.165, 1.54) is 7.11 Å². The van der Waals surface area contributed by atoms with Crippen LogP contribution in [0.25, 0.3) is 10.9 Å². The minimum Gasteiger partial charge on any atom is -0.480 e. The fraction of sp³-hybridized carbons (Fsp3) is 0.222.